The maximum Gasteiger partial charge on any atom is 0.126 e. The summed E-state index contributed by atoms with van der Waals surface area (Å²) >= 11 is 1.99. The van der Waals surface area contributed by atoms with Gasteiger partial charge in [-0.1, -0.05) is 0 Å². The third kappa shape index (κ3) is 4.43. The minimum Gasteiger partial charge on any atom is -0.324 e. The number of rotatable bonds is 4. The van der Waals surface area contributed by atoms with E-state index in [0.29, 0.717) is 12.0 Å². The third-order valence-corrected chi connectivity index (χ3v) is 4.87. The van der Waals surface area contributed by atoms with Gasteiger partial charge < -0.3 is 10.6 Å². The van der Waals surface area contributed by atoms with E-state index in [2.05, 4.69) is 18.7 Å². The number of hydrogen-bond donors (Lipinski definition) is 1. The van der Waals surface area contributed by atoms with Crippen LogP contribution in [0.1, 0.15) is 31.9 Å². The monoisotopic (exact) mass is 300 g/mol. The van der Waals surface area contributed by atoms with Crippen molar-refractivity contribution in [3.05, 3.63) is 35.4 Å². The third-order valence-electron chi connectivity index (χ3n) is 3.57. The number of hydrogen-bond acceptors (Lipinski definition) is 3. The zero-order valence-electron chi connectivity index (χ0n) is 12.0. The second kappa shape index (κ2) is 6.41. The Morgan fingerprint density at radius 3 is 2.55 bits per heavy atom. The molecule has 1 atom stereocenters. The van der Waals surface area contributed by atoms with E-state index in [-0.39, 0.29) is 10.8 Å². The quantitative estimate of drug-likeness (QED) is 0.926. The van der Waals surface area contributed by atoms with Crippen molar-refractivity contribution in [3.63, 3.8) is 0 Å². The molecule has 2 N–H and O–H groups in total. The highest BCUT2D eigenvalue weighted by molar-refractivity contribution is 8.00. The summed E-state index contributed by atoms with van der Waals surface area (Å²) in [7, 11) is 0. The molecule has 0 aliphatic carbocycles. The number of thioether (sulfide) groups is 1. The predicted molar refractivity (Wildman–Crippen MR) is 80.9 cm³/mol. The Balaban J connectivity index is 1.90. The summed E-state index contributed by atoms with van der Waals surface area (Å²) in [6, 6.07) is 3.20. The summed E-state index contributed by atoms with van der Waals surface area (Å²) in [6.07, 6.45) is 0.712. The molecule has 1 heterocycles. The molecule has 1 aliphatic rings. The molecule has 2 nitrogen and oxygen atoms in total. The van der Waals surface area contributed by atoms with Gasteiger partial charge in [0.25, 0.3) is 0 Å². The molecule has 20 heavy (non-hydrogen) atoms. The zero-order valence-corrected chi connectivity index (χ0v) is 12.9. The van der Waals surface area contributed by atoms with E-state index in [1.807, 2.05) is 11.8 Å². The van der Waals surface area contributed by atoms with Gasteiger partial charge in [0.2, 0.25) is 0 Å². The fourth-order valence-corrected chi connectivity index (χ4v) is 3.76. The minimum absolute atomic E-state index is 0.271. The molecule has 112 valence electrons. The van der Waals surface area contributed by atoms with Crippen molar-refractivity contribution in [2.24, 2.45) is 5.73 Å². The summed E-state index contributed by atoms with van der Waals surface area (Å²) in [5.41, 5.74) is 6.59. The van der Waals surface area contributed by atoms with Crippen LogP contribution in [-0.2, 0) is 0 Å². The first kappa shape index (κ1) is 15.7. The van der Waals surface area contributed by atoms with Gasteiger partial charge in [0.1, 0.15) is 11.6 Å². The van der Waals surface area contributed by atoms with Crippen LogP contribution in [0.3, 0.4) is 0 Å². The largest absolute Gasteiger partial charge is 0.324 e. The molecule has 0 saturated carbocycles. The molecule has 1 unspecified atom stereocenters. The van der Waals surface area contributed by atoms with Gasteiger partial charge in [-0.2, -0.15) is 11.8 Å². The average Bonchev–Trinajstić information content (AvgIpc) is 2.33. The lowest BCUT2D eigenvalue weighted by Crippen LogP contribution is -2.43. The minimum atomic E-state index is -0.564. The first-order valence-electron chi connectivity index (χ1n) is 6.94. The second-order valence-corrected chi connectivity index (χ2v) is 7.78. The van der Waals surface area contributed by atoms with Gasteiger partial charge in [-0.15, -0.1) is 0 Å². The highest BCUT2D eigenvalue weighted by atomic mass is 32.2. The van der Waals surface area contributed by atoms with Crippen LogP contribution in [-0.4, -0.2) is 35.0 Å². The number of nitrogens with two attached hydrogens (primary N) is 1. The Labute approximate surface area is 123 Å². The fourth-order valence-electron chi connectivity index (χ4n) is 2.58. The van der Waals surface area contributed by atoms with E-state index in [1.165, 1.54) is 12.1 Å². The highest BCUT2D eigenvalue weighted by Crippen LogP contribution is 2.30. The van der Waals surface area contributed by atoms with Crippen LogP contribution in [0.5, 0.6) is 0 Å². The van der Waals surface area contributed by atoms with Crippen LogP contribution in [0.4, 0.5) is 8.78 Å². The predicted octanol–water partition coefficient (Wildman–Crippen LogP) is 3.18. The van der Waals surface area contributed by atoms with Crippen molar-refractivity contribution < 1.29 is 8.78 Å². The van der Waals surface area contributed by atoms with Crippen LogP contribution in [0.2, 0.25) is 0 Å². The van der Waals surface area contributed by atoms with Gasteiger partial charge in [-0.25, -0.2) is 8.78 Å². The normalized spacial score (nSPS) is 20.9. The SMILES string of the molecule is CC1(C)CN(CCC(N)c2cc(F)cc(F)c2)CCS1. The second-order valence-electron chi connectivity index (χ2n) is 5.98. The Morgan fingerprint density at radius 1 is 1.30 bits per heavy atom. The average molecular weight is 300 g/mol. The van der Waals surface area contributed by atoms with Crippen LogP contribution in [0.15, 0.2) is 18.2 Å². The maximum absolute atomic E-state index is 13.2. The topological polar surface area (TPSA) is 29.3 Å². The van der Waals surface area contributed by atoms with Crippen molar-refractivity contribution in [2.75, 3.05) is 25.4 Å². The summed E-state index contributed by atoms with van der Waals surface area (Å²) in [6.45, 7) is 7.43. The molecule has 0 bridgehead atoms. The summed E-state index contributed by atoms with van der Waals surface area (Å²) in [4.78, 5) is 2.38. The maximum atomic E-state index is 13.2. The van der Waals surface area contributed by atoms with Gasteiger partial charge in [-0.05, 0) is 38.0 Å². The van der Waals surface area contributed by atoms with E-state index in [9.17, 15) is 8.78 Å². The molecule has 2 rings (SSSR count). The van der Waals surface area contributed by atoms with Crippen molar-refractivity contribution in [2.45, 2.75) is 31.1 Å². The van der Waals surface area contributed by atoms with Gasteiger partial charge in [0.05, 0.1) is 0 Å². The smallest absolute Gasteiger partial charge is 0.126 e. The van der Waals surface area contributed by atoms with Crippen molar-refractivity contribution in [1.82, 2.24) is 4.90 Å². The summed E-state index contributed by atoms with van der Waals surface area (Å²) in [5, 5.41) is 0. The Bertz CT molecular complexity index is 445. The molecule has 1 aromatic rings. The first-order chi connectivity index (χ1) is 9.35. The Kier molecular flexibility index (Phi) is 5.04. The van der Waals surface area contributed by atoms with Crippen molar-refractivity contribution in [1.29, 1.82) is 0 Å². The van der Waals surface area contributed by atoms with Gasteiger partial charge >= 0.3 is 0 Å². The van der Waals surface area contributed by atoms with Gasteiger partial charge in [-0.3, -0.25) is 0 Å². The standard InChI is InChI=1S/C15H22F2N2S/c1-15(2)10-19(5-6-20-15)4-3-14(18)11-7-12(16)9-13(17)8-11/h7-9,14H,3-6,10,18H2,1-2H3. The molecule has 1 saturated heterocycles. The van der Waals surface area contributed by atoms with E-state index in [1.54, 1.807) is 0 Å². The van der Waals surface area contributed by atoms with E-state index in [4.69, 9.17) is 5.73 Å². The zero-order chi connectivity index (χ0) is 14.8. The molecular weight excluding hydrogens is 278 g/mol. The van der Waals surface area contributed by atoms with E-state index >= 15 is 0 Å². The summed E-state index contributed by atoms with van der Waals surface area (Å²) in [5.74, 6) is -0.00600. The molecule has 1 fully saturated rings. The molecule has 1 aromatic carbocycles. The van der Waals surface area contributed by atoms with Crippen LogP contribution in [0.25, 0.3) is 0 Å². The lowest BCUT2D eigenvalue weighted by atomic mass is 10.0. The Hall–Kier alpha value is -0.650. The van der Waals surface area contributed by atoms with Crippen molar-refractivity contribution >= 4 is 11.8 Å². The van der Waals surface area contributed by atoms with E-state index in [0.717, 1.165) is 31.5 Å². The van der Waals surface area contributed by atoms with Gasteiger partial charge in [0, 0.05) is 42.2 Å². The molecule has 0 radical (unpaired) electrons. The molecule has 0 aromatic heterocycles. The van der Waals surface area contributed by atoms with Crippen molar-refractivity contribution in [3.8, 4) is 0 Å². The lowest BCUT2D eigenvalue weighted by Gasteiger charge is -2.37. The van der Waals surface area contributed by atoms with Gasteiger partial charge in [0.15, 0.2) is 0 Å². The molecule has 0 amide bonds. The number of nitrogens with zero attached hydrogens (tertiary/aromatic N) is 1. The molecule has 0 spiro atoms. The van der Waals surface area contributed by atoms with E-state index < -0.39 is 11.6 Å². The molecular formula is C15H22F2N2S. The fraction of sp³-hybridized carbons (Fsp3) is 0.600. The summed E-state index contributed by atoms with van der Waals surface area (Å²) < 4.78 is 26.6. The molecule has 5 heteroatoms. The van der Waals surface area contributed by atoms with Crippen LogP contribution < -0.4 is 5.73 Å². The Morgan fingerprint density at radius 2 is 1.95 bits per heavy atom. The van der Waals surface area contributed by atoms with Crippen LogP contribution in [0, 0.1) is 11.6 Å². The lowest BCUT2D eigenvalue weighted by molar-refractivity contribution is 0.251. The molecule has 1 aliphatic heterocycles. The number of halogens is 2. The highest BCUT2D eigenvalue weighted by Gasteiger charge is 2.26. The first-order valence-corrected chi connectivity index (χ1v) is 7.92. The number of benzene rings is 1. The van der Waals surface area contributed by atoms with Crippen LogP contribution >= 0.6 is 11.8 Å².